The summed E-state index contributed by atoms with van der Waals surface area (Å²) in [6, 6.07) is 3.77. The lowest BCUT2D eigenvalue weighted by atomic mass is 10.0. The second kappa shape index (κ2) is 8.16. The Morgan fingerprint density at radius 2 is 1.84 bits per heavy atom. The van der Waals surface area contributed by atoms with E-state index in [4.69, 9.17) is 4.74 Å². The smallest absolute Gasteiger partial charge is 0.416 e. The molecule has 1 aliphatic carbocycles. The van der Waals surface area contributed by atoms with Crippen molar-refractivity contribution in [2.24, 2.45) is 0 Å². The number of rotatable bonds is 5. The lowest BCUT2D eigenvalue weighted by molar-refractivity contribution is -0.137. The van der Waals surface area contributed by atoms with Crippen molar-refractivity contribution in [3.63, 3.8) is 0 Å². The van der Waals surface area contributed by atoms with Gasteiger partial charge >= 0.3 is 12.1 Å². The first-order valence-electron chi connectivity index (χ1n) is 9.73. The van der Waals surface area contributed by atoms with Gasteiger partial charge in [0.2, 0.25) is 0 Å². The van der Waals surface area contributed by atoms with Crippen LogP contribution in [-0.4, -0.2) is 44.9 Å². The van der Waals surface area contributed by atoms with Gasteiger partial charge in [-0.25, -0.2) is 17.9 Å². The van der Waals surface area contributed by atoms with Crippen LogP contribution in [0.1, 0.15) is 49.6 Å². The molecule has 0 bridgehead atoms. The minimum Gasteiger partial charge on any atom is -0.465 e. The first kappa shape index (κ1) is 22.7. The van der Waals surface area contributed by atoms with Gasteiger partial charge in [0, 0.05) is 23.0 Å². The minimum atomic E-state index is -4.50. The first-order valence-corrected chi connectivity index (χ1v) is 12.0. The molecule has 1 amide bonds. The van der Waals surface area contributed by atoms with Crippen LogP contribution in [0.15, 0.2) is 28.5 Å². The van der Waals surface area contributed by atoms with E-state index in [9.17, 15) is 31.2 Å². The monoisotopic (exact) mass is 488 g/mol. The summed E-state index contributed by atoms with van der Waals surface area (Å²) in [5.41, 5.74) is -0.250. The largest absolute Gasteiger partial charge is 0.465 e. The number of thiophene rings is 1. The van der Waals surface area contributed by atoms with Crippen molar-refractivity contribution in [3.05, 3.63) is 51.4 Å². The van der Waals surface area contributed by atoms with Crippen LogP contribution in [0.2, 0.25) is 0 Å². The van der Waals surface area contributed by atoms with Crippen molar-refractivity contribution < 1.29 is 35.9 Å². The molecule has 12 heteroatoms. The molecule has 2 aromatic rings. The SMILES string of the molecule is COC(=O)c1c(S(=O)(=O)NC2CC2)sc2c1CCN(C(=O)c1ccc(C(F)(F)F)cc1)C2. The number of methoxy groups -OCH3 is 1. The Morgan fingerprint density at radius 1 is 1.19 bits per heavy atom. The molecular formula is C20H19F3N2O5S2. The third-order valence-corrected chi connectivity index (χ3v) is 8.56. The molecule has 0 radical (unpaired) electrons. The number of hydrogen-bond acceptors (Lipinski definition) is 6. The molecule has 172 valence electrons. The van der Waals surface area contributed by atoms with Gasteiger partial charge in [-0.05, 0) is 49.1 Å². The number of carbonyl (C=O) groups is 2. The van der Waals surface area contributed by atoms with Crippen molar-refractivity contribution >= 4 is 33.2 Å². The predicted molar refractivity (Wildman–Crippen MR) is 109 cm³/mol. The minimum absolute atomic E-state index is 0.0118. The number of sulfonamides is 1. The molecule has 0 atom stereocenters. The molecule has 1 aliphatic heterocycles. The van der Waals surface area contributed by atoms with E-state index in [1.165, 1.54) is 12.0 Å². The molecule has 2 aliphatic rings. The van der Waals surface area contributed by atoms with Crippen molar-refractivity contribution in [1.82, 2.24) is 9.62 Å². The van der Waals surface area contributed by atoms with Crippen LogP contribution in [0, 0.1) is 0 Å². The van der Waals surface area contributed by atoms with Crippen LogP contribution in [0.3, 0.4) is 0 Å². The molecule has 2 heterocycles. The van der Waals surface area contributed by atoms with E-state index < -0.39 is 33.6 Å². The average Bonchev–Trinajstić information content (AvgIpc) is 3.46. The molecule has 32 heavy (non-hydrogen) atoms. The van der Waals surface area contributed by atoms with E-state index in [-0.39, 0.29) is 40.9 Å². The normalized spacial score (nSPS) is 16.6. The molecule has 4 rings (SSSR count). The average molecular weight is 489 g/mol. The maximum atomic E-state index is 12.8. The van der Waals surface area contributed by atoms with Crippen LogP contribution in [0.25, 0.3) is 0 Å². The van der Waals surface area contributed by atoms with E-state index in [0.717, 1.165) is 48.4 Å². The van der Waals surface area contributed by atoms with Crippen LogP contribution < -0.4 is 4.72 Å². The van der Waals surface area contributed by atoms with E-state index in [1.54, 1.807) is 0 Å². The van der Waals surface area contributed by atoms with Crippen molar-refractivity contribution in [2.75, 3.05) is 13.7 Å². The van der Waals surface area contributed by atoms with Gasteiger partial charge in [0.15, 0.2) is 0 Å². The molecule has 1 aromatic heterocycles. The fourth-order valence-corrected chi connectivity index (χ4v) is 6.73. The number of nitrogens with zero attached hydrogens (tertiary/aromatic N) is 1. The molecule has 1 saturated carbocycles. The van der Waals surface area contributed by atoms with E-state index >= 15 is 0 Å². The Morgan fingerprint density at radius 3 is 2.41 bits per heavy atom. The lowest BCUT2D eigenvalue weighted by Crippen LogP contribution is -2.35. The Labute approximate surface area is 186 Å². The highest BCUT2D eigenvalue weighted by Gasteiger charge is 2.37. The van der Waals surface area contributed by atoms with E-state index in [0.29, 0.717) is 10.4 Å². The second-order valence-electron chi connectivity index (χ2n) is 7.61. The number of benzene rings is 1. The Hall–Kier alpha value is -2.44. The van der Waals surface area contributed by atoms with Gasteiger partial charge < -0.3 is 9.64 Å². The summed E-state index contributed by atoms with van der Waals surface area (Å²) < 4.78 is 71.1. The second-order valence-corrected chi connectivity index (χ2v) is 10.6. The molecule has 1 aromatic carbocycles. The summed E-state index contributed by atoms with van der Waals surface area (Å²) in [4.78, 5) is 27.2. The maximum Gasteiger partial charge on any atom is 0.416 e. The van der Waals surface area contributed by atoms with E-state index in [2.05, 4.69) is 4.72 Å². The van der Waals surface area contributed by atoms with Crippen LogP contribution in [0.5, 0.6) is 0 Å². The van der Waals surface area contributed by atoms with Crippen molar-refractivity contribution in [2.45, 2.75) is 42.2 Å². The summed E-state index contributed by atoms with van der Waals surface area (Å²) >= 11 is 0.911. The van der Waals surface area contributed by atoms with Gasteiger partial charge in [-0.2, -0.15) is 13.2 Å². The molecular weight excluding hydrogens is 469 g/mol. The number of fused-ring (bicyclic) bond motifs is 1. The van der Waals surface area contributed by atoms with Gasteiger partial charge in [0.25, 0.3) is 15.9 Å². The number of esters is 1. The molecule has 0 spiro atoms. The molecule has 1 N–H and O–H groups in total. The van der Waals surface area contributed by atoms with Gasteiger partial charge in [0.1, 0.15) is 4.21 Å². The number of carbonyl (C=O) groups excluding carboxylic acids is 2. The fraction of sp³-hybridized carbons (Fsp3) is 0.400. The van der Waals surface area contributed by atoms with Gasteiger partial charge in [0.05, 0.1) is 24.8 Å². The highest BCUT2D eigenvalue weighted by atomic mass is 32.2. The maximum absolute atomic E-state index is 12.8. The van der Waals surface area contributed by atoms with Gasteiger partial charge in [-0.1, -0.05) is 0 Å². The van der Waals surface area contributed by atoms with Crippen LogP contribution >= 0.6 is 11.3 Å². The Bertz CT molecular complexity index is 1170. The summed E-state index contributed by atoms with van der Waals surface area (Å²) in [6.07, 6.45) is -2.82. The third kappa shape index (κ3) is 4.39. The summed E-state index contributed by atoms with van der Waals surface area (Å²) in [5.74, 6) is -1.24. The topological polar surface area (TPSA) is 92.8 Å². The summed E-state index contributed by atoms with van der Waals surface area (Å²) in [6.45, 7) is 0.228. The summed E-state index contributed by atoms with van der Waals surface area (Å²) in [5, 5.41) is 0. The highest BCUT2D eigenvalue weighted by Crippen LogP contribution is 2.38. The number of ether oxygens (including phenoxy) is 1. The lowest BCUT2D eigenvalue weighted by Gasteiger charge is -2.27. The van der Waals surface area contributed by atoms with Gasteiger partial charge in [-0.3, -0.25) is 4.79 Å². The number of halogens is 3. The third-order valence-electron chi connectivity index (χ3n) is 5.30. The number of alkyl halides is 3. The fourth-order valence-electron chi connectivity index (χ4n) is 3.51. The zero-order valence-corrected chi connectivity index (χ0v) is 18.5. The number of nitrogens with one attached hydrogen (secondary N) is 1. The molecule has 1 fully saturated rings. The molecule has 7 nitrogen and oxygen atoms in total. The van der Waals surface area contributed by atoms with Crippen LogP contribution in [0.4, 0.5) is 13.2 Å². The molecule has 0 saturated heterocycles. The molecule has 0 unspecified atom stereocenters. The Kier molecular flexibility index (Phi) is 5.80. The first-order chi connectivity index (χ1) is 15.0. The van der Waals surface area contributed by atoms with Crippen molar-refractivity contribution in [1.29, 1.82) is 0 Å². The quantitative estimate of drug-likeness (QED) is 0.653. The zero-order chi connectivity index (χ0) is 23.3. The zero-order valence-electron chi connectivity index (χ0n) is 16.9. The Balaban J connectivity index is 1.62. The van der Waals surface area contributed by atoms with E-state index in [1.807, 2.05) is 0 Å². The highest BCUT2D eigenvalue weighted by molar-refractivity contribution is 7.91. The van der Waals surface area contributed by atoms with Crippen LogP contribution in [-0.2, 0) is 33.9 Å². The standard InChI is InChI=1S/C20H19F3N2O5S2/c1-30-18(27)16-14-8-9-25(17(26)11-2-4-12(5-3-11)20(21,22)23)10-15(14)31-19(16)32(28,29)24-13-6-7-13/h2-5,13,24H,6-10H2,1H3. The predicted octanol–water partition coefficient (Wildman–Crippen LogP) is 3.19. The number of amides is 1. The summed E-state index contributed by atoms with van der Waals surface area (Å²) in [7, 11) is -2.76. The number of hydrogen-bond donors (Lipinski definition) is 1. The van der Waals surface area contributed by atoms with Crippen molar-refractivity contribution in [3.8, 4) is 0 Å². The van der Waals surface area contributed by atoms with Gasteiger partial charge in [-0.15, -0.1) is 11.3 Å².